The quantitative estimate of drug-likeness (QED) is 0.477. The van der Waals surface area contributed by atoms with Crippen molar-refractivity contribution in [1.29, 1.82) is 0 Å². The van der Waals surface area contributed by atoms with Crippen LogP contribution in [0, 0.1) is 5.82 Å². The monoisotopic (exact) mass is 407 g/mol. The molecule has 1 aliphatic heterocycles. The summed E-state index contributed by atoms with van der Waals surface area (Å²) < 4.78 is 19.4. The molecular formula is C21H14FN3O3S. The summed E-state index contributed by atoms with van der Waals surface area (Å²) in [7, 11) is 0. The molecule has 1 aliphatic rings. The standard InChI is InChI=1S/C21H14FN3O3S/c1-13(26)25(18-10-6-5-9-16(18)22)21-23-15(12-29-21)11-17-20(27)28-19(24-17)14-7-3-2-4-8-14/h2-12H,1H3/b17-11+. The third-order valence-electron chi connectivity index (χ3n) is 4.04. The average molecular weight is 407 g/mol. The van der Waals surface area contributed by atoms with Gasteiger partial charge in [-0.3, -0.25) is 9.69 Å². The van der Waals surface area contributed by atoms with Crippen molar-refractivity contribution < 1.29 is 18.7 Å². The highest BCUT2D eigenvalue weighted by atomic mass is 32.1. The maximum atomic E-state index is 14.2. The van der Waals surface area contributed by atoms with Crippen LogP contribution < -0.4 is 4.90 Å². The second-order valence-electron chi connectivity index (χ2n) is 6.06. The van der Waals surface area contributed by atoms with Crippen LogP contribution in [-0.2, 0) is 14.3 Å². The molecule has 0 N–H and O–H groups in total. The molecule has 0 unspecified atom stereocenters. The zero-order valence-electron chi connectivity index (χ0n) is 15.2. The van der Waals surface area contributed by atoms with E-state index in [-0.39, 0.29) is 28.3 Å². The van der Waals surface area contributed by atoms with Crippen LogP contribution in [0.25, 0.3) is 6.08 Å². The molecular weight excluding hydrogens is 393 g/mol. The molecule has 2 heterocycles. The summed E-state index contributed by atoms with van der Waals surface area (Å²) in [4.78, 5) is 34.0. The van der Waals surface area contributed by atoms with E-state index in [1.165, 1.54) is 30.0 Å². The Kier molecular flexibility index (Phi) is 5.01. The summed E-state index contributed by atoms with van der Waals surface area (Å²) in [5.41, 5.74) is 1.31. The van der Waals surface area contributed by atoms with Gasteiger partial charge in [-0.25, -0.2) is 19.2 Å². The molecule has 2 aromatic carbocycles. The Morgan fingerprint density at radius 1 is 1.14 bits per heavy atom. The lowest BCUT2D eigenvalue weighted by atomic mass is 10.2. The number of hydrogen-bond donors (Lipinski definition) is 0. The highest BCUT2D eigenvalue weighted by Crippen LogP contribution is 2.31. The number of aliphatic imine (C=N–C) groups is 1. The van der Waals surface area contributed by atoms with E-state index in [1.807, 2.05) is 18.2 Å². The Bertz CT molecular complexity index is 1150. The maximum Gasteiger partial charge on any atom is 0.363 e. The second kappa shape index (κ2) is 7.76. The van der Waals surface area contributed by atoms with E-state index >= 15 is 0 Å². The molecule has 0 aliphatic carbocycles. The van der Waals surface area contributed by atoms with Gasteiger partial charge in [0.05, 0.1) is 11.4 Å². The van der Waals surface area contributed by atoms with E-state index in [0.29, 0.717) is 11.3 Å². The number of benzene rings is 2. The third kappa shape index (κ3) is 3.83. The Labute approximate surface area is 169 Å². The van der Waals surface area contributed by atoms with Crippen molar-refractivity contribution in [1.82, 2.24) is 4.98 Å². The van der Waals surface area contributed by atoms with E-state index in [4.69, 9.17) is 4.74 Å². The van der Waals surface area contributed by atoms with Crippen molar-refractivity contribution in [2.45, 2.75) is 6.92 Å². The number of aromatic nitrogens is 1. The molecule has 0 spiro atoms. The molecule has 144 valence electrons. The number of para-hydroxylation sites is 1. The van der Waals surface area contributed by atoms with Crippen LogP contribution in [0.1, 0.15) is 18.2 Å². The van der Waals surface area contributed by atoms with Gasteiger partial charge in [-0.1, -0.05) is 30.3 Å². The molecule has 0 radical (unpaired) electrons. The topological polar surface area (TPSA) is 71.9 Å². The van der Waals surface area contributed by atoms with E-state index in [2.05, 4.69) is 9.98 Å². The van der Waals surface area contributed by atoms with Crippen LogP contribution in [0.3, 0.4) is 0 Å². The van der Waals surface area contributed by atoms with Gasteiger partial charge in [-0.05, 0) is 30.3 Å². The smallest absolute Gasteiger partial charge is 0.363 e. The molecule has 0 atom stereocenters. The van der Waals surface area contributed by atoms with Crippen molar-refractivity contribution >= 4 is 46.0 Å². The number of rotatable bonds is 4. The highest BCUT2D eigenvalue weighted by Gasteiger charge is 2.25. The van der Waals surface area contributed by atoms with Gasteiger partial charge in [0.25, 0.3) is 0 Å². The fraction of sp³-hybridized carbons (Fsp3) is 0.0476. The van der Waals surface area contributed by atoms with E-state index < -0.39 is 11.8 Å². The Morgan fingerprint density at radius 2 is 1.86 bits per heavy atom. The number of hydrogen-bond acceptors (Lipinski definition) is 6. The molecule has 3 aromatic rings. The van der Waals surface area contributed by atoms with Crippen LogP contribution in [0.2, 0.25) is 0 Å². The average Bonchev–Trinajstić information content (AvgIpc) is 3.31. The van der Waals surface area contributed by atoms with Crippen LogP contribution >= 0.6 is 11.3 Å². The number of carbonyl (C=O) groups excluding carboxylic acids is 2. The lowest BCUT2D eigenvalue weighted by Crippen LogP contribution is -2.23. The first-order valence-corrected chi connectivity index (χ1v) is 9.49. The van der Waals surface area contributed by atoms with Gasteiger partial charge in [-0.15, -0.1) is 11.3 Å². The molecule has 0 saturated carbocycles. The van der Waals surface area contributed by atoms with Crippen molar-refractivity contribution in [3.05, 3.63) is 82.7 Å². The molecule has 4 rings (SSSR count). The molecule has 0 bridgehead atoms. The molecule has 6 nitrogen and oxygen atoms in total. The Hall–Kier alpha value is -3.65. The largest absolute Gasteiger partial charge is 0.402 e. The highest BCUT2D eigenvalue weighted by molar-refractivity contribution is 7.14. The van der Waals surface area contributed by atoms with Gasteiger partial charge in [-0.2, -0.15) is 0 Å². The summed E-state index contributed by atoms with van der Waals surface area (Å²) in [6.45, 7) is 1.33. The molecule has 8 heteroatoms. The zero-order valence-corrected chi connectivity index (χ0v) is 16.0. The van der Waals surface area contributed by atoms with E-state index in [0.717, 1.165) is 11.3 Å². The Balaban J connectivity index is 1.65. The number of esters is 1. The third-order valence-corrected chi connectivity index (χ3v) is 4.88. The molecule has 29 heavy (non-hydrogen) atoms. The number of ether oxygens (including phenoxy) is 1. The van der Waals surface area contributed by atoms with Crippen molar-refractivity contribution in [3.8, 4) is 0 Å². The van der Waals surface area contributed by atoms with Gasteiger partial charge in [0.1, 0.15) is 5.82 Å². The zero-order chi connectivity index (χ0) is 20.4. The minimum atomic E-state index is -0.587. The lowest BCUT2D eigenvalue weighted by molar-refractivity contribution is -0.130. The van der Waals surface area contributed by atoms with Gasteiger partial charge >= 0.3 is 5.97 Å². The number of anilines is 2. The molecule has 0 fully saturated rings. The predicted molar refractivity (Wildman–Crippen MR) is 108 cm³/mol. The van der Waals surface area contributed by atoms with Gasteiger partial charge < -0.3 is 4.74 Å². The van der Waals surface area contributed by atoms with Crippen LogP contribution in [-0.4, -0.2) is 22.8 Å². The normalized spacial score (nSPS) is 14.6. The van der Waals surface area contributed by atoms with E-state index in [9.17, 15) is 14.0 Å². The molecule has 1 amide bonds. The lowest BCUT2D eigenvalue weighted by Gasteiger charge is -2.18. The number of carbonyl (C=O) groups is 2. The number of cyclic esters (lactones) is 1. The number of amides is 1. The SMILES string of the molecule is CC(=O)N(c1nc(/C=C2/N=C(c3ccccc3)OC2=O)cs1)c1ccccc1F. The molecule has 1 aromatic heterocycles. The maximum absolute atomic E-state index is 14.2. The number of halogens is 1. The number of nitrogens with zero attached hydrogens (tertiary/aromatic N) is 3. The first-order valence-electron chi connectivity index (χ1n) is 8.61. The minimum absolute atomic E-state index is 0.0981. The van der Waals surface area contributed by atoms with Crippen molar-refractivity contribution in [2.75, 3.05) is 4.90 Å². The second-order valence-corrected chi connectivity index (χ2v) is 6.90. The summed E-state index contributed by atoms with van der Waals surface area (Å²) in [5.74, 6) is -1.28. The fourth-order valence-corrected chi connectivity index (χ4v) is 3.58. The van der Waals surface area contributed by atoms with Crippen molar-refractivity contribution in [2.24, 2.45) is 4.99 Å². The van der Waals surface area contributed by atoms with Gasteiger partial charge in [0.15, 0.2) is 10.8 Å². The summed E-state index contributed by atoms with van der Waals surface area (Å²) >= 11 is 1.15. The van der Waals surface area contributed by atoms with Crippen molar-refractivity contribution in [3.63, 3.8) is 0 Å². The molecule has 0 saturated heterocycles. The predicted octanol–water partition coefficient (Wildman–Crippen LogP) is 4.31. The van der Waals surface area contributed by atoms with Crippen LogP contribution in [0.5, 0.6) is 0 Å². The first-order chi connectivity index (χ1) is 14.0. The summed E-state index contributed by atoms with van der Waals surface area (Å²) in [6.07, 6.45) is 1.47. The fourth-order valence-electron chi connectivity index (χ4n) is 2.74. The van der Waals surface area contributed by atoms with Gasteiger partial charge in [0, 0.05) is 17.9 Å². The summed E-state index contributed by atoms with van der Waals surface area (Å²) in [6, 6.07) is 15.0. The Morgan fingerprint density at radius 3 is 2.59 bits per heavy atom. The van der Waals surface area contributed by atoms with Crippen LogP contribution in [0.4, 0.5) is 15.2 Å². The first kappa shape index (κ1) is 18.7. The van der Waals surface area contributed by atoms with Crippen LogP contribution in [0.15, 0.2) is 70.7 Å². The van der Waals surface area contributed by atoms with Gasteiger partial charge in [0.2, 0.25) is 11.8 Å². The summed E-state index contributed by atoms with van der Waals surface area (Å²) in [5, 5.41) is 1.94. The number of thiazole rings is 1. The minimum Gasteiger partial charge on any atom is -0.402 e. The van der Waals surface area contributed by atoms with E-state index in [1.54, 1.807) is 29.6 Å².